The van der Waals surface area contributed by atoms with Crippen molar-refractivity contribution in [3.8, 4) is 5.75 Å². The molecule has 0 bridgehead atoms. The lowest BCUT2D eigenvalue weighted by molar-refractivity contribution is 0.157. The number of hydrogen-bond acceptors (Lipinski definition) is 3. The highest BCUT2D eigenvalue weighted by Crippen LogP contribution is 2.26. The molecule has 0 heterocycles. The van der Waals surface area contributed by atoms with E-state index in [2.05, 4.69) is 5.32 Å². The third-order valence-corrected chi connectivity index (χ3v) is 3.45. The first-order chi connectivity index (χ1) is 8.20. The number of aryl methyl sites for hydroxylation is 1. The van der Waals surface area contributed by atoms with E-state index < -0.39 is 6.10 Å². The summed E-state index contributed by atoms with van der Waals surface area (Å²) in [6.07, 6.45) is 3.28. The Morgan fingerprint density at radius 1 is 1.47 bits per heavy atom. The van der Waals surface area contributed by atoms with Crippen molar-refractivity contribution in [3.05, 3.63) is 29.3 Å². The first kappa shape index (κ1) is 12.4. The maximum absolute atomic E-state index is 10.2. The van der Waals surface area contributed by atoms with Gasteiger partial charge in [-0.25, -0.2) is 0 Å². The summed E-state index contributed by atoms with van der Waals surface area (Å²) in [5.41, 5.74) is 2.02. The van der Waals surface area contributed by atoms with Gasteiger partial charge in [-0.15, -0.1) is 0 Å². The molecule has 17 heavy (non-hydrogen) atoms. The Morgan fingerprint density at radius 2 is 2.24 bits per heavy atom. The number of hydrogen-bond donors (Lipinski definition) is 2. The number of benzene rings is 1. The third-order valence-electron chi connectivity index (χ3n) is 3.45. The van der Waals surface area contributed by atoms with Crippen LogP contribution < -0.4 is 10.1 Å². The van der Waals surface area contributed by atoms with Crippen LogP contribution in [0, 0.1) is 6.92 Å². The molecule has 2 rings (SSSR count). The summed E-state index contributed by atoms with van der Waals surface area (Å²) in [5.74, 6) is 0.763. The van der Waals surface area contributed by atoms with E-state index in [1.807, 2.05) is 25.1 Å². The standard InChI is InChI=1S/C14H21NO2/c1-10-6-7-14(17-2)12(8-10)13(16)9-15-11-4-3-5-11/h6-8,11,13,15-16H,3-5,9H2,1-2H3. The highest BCUT2D eigenvalue weighted by molar-refractivity contribution is 5.38. The van der Waals surface area contributed by atoms with Gasteiger partial charge in [0.05, 0.1) is 13.2 Å². The average molecular weight is 235 g/mol. The van der Waals surface area contributed by atoms with Gasteiger partial charge in [0.1, 0.15) is 5.75 Å². The molecule has 0 spiro atoms. The lowest BCUT2D eigenvalue weighted by Gasteiger charge is -2.28. The van der Waals surface area contributed by atoms with Crippen molar-refractivity contribution in [1.29, 1.82) is 0 Å². The second-order valence-electron chi connectivity index (χ2n) is 4.80. The fourth-order valence-corrected chi connectivity index (χ4v) is 2.11. The zero-order chi connectivity index (χ0) is 12.3. The molecule has 0 saturated heterocycles. The van der Waals surface area contributed by atoms with Crippen LogP contribution in [0.25, 0.3) is 0 Å². The molecule has 1 atom stereocenters. The van der Waals surface area contributed by atoms with Crippen LogP contribution in [0.4, 0.5) is 0 Å². The van der Waals surface area contributed by atoms with E-state index in [4.69, 9.17) is 4.74 Å². The molecule has 1 aromatic carbocycles. The van der Waals surface area contributed by atoms with E-state index in [1.165, 1.54) is 19.3 Å². The first-order valence-corrected chi connectivity index (χ1v) is 6.26. The minimum Gasteiger partial charge on any atom is -0.496 e. The average Bonchev–Trinajstić information content (AvgIpc) is 2.26. The summed E-state index contributed by atoms with van der Waals surface area (Å²) >= 11 is 0. The topological polar surface area (TPSA) is 41.5 Å². The predicted molar refractivity (Wildman–Crippen MR) is 68.3 cm³/mol. The summed E-state index contributed by atoms with van der Waals surface area (Å²) in [7, 11) is 1.64. The minimum atomic E-state index is -0.495. The third kappa shape index (κ3) is 2.99. The van der Waals surface area contributed by atoms with Crippen LogP contribution in [0.1, 0.15) is 36.5 Å². The molecule has 1 saturated carbocycles. The molecule has 3 heteroatoms. The SMILES string of the molecule is COc1ccc(C)cc1C(O)CNC1CCC1. The van der Waals surface area contributed by atoms with Crippen LogP contribution in [0.3, 0.4) is 0 Å². The van der Waals surface area contributed by atoms with Gasteiger partial charge in [0.15, 0.2) is 0 Å². The summed E-state index contributed by atoms with van der Waals surface area (Å²) < 4.78 is 5.28. The highest BCUT2D eigenvalue weighted by Gasteiger charge is 2.19. The zero-order valence-electron chi connectivity index (χ0n) is 10.6. The van der Waals surface area contributed by atoms with E-state index >= 15 is 0 Å². The van der Waals surface area contributed by atoms with Gasteiger partial charge in [0, 0.05) is 18.2 Å². The molecule has 94 valence electrons. The van der Waals surface area contributed by atoms with Gasteiger partial charge >= 0.3 is 0 Å². The number of rotatable bonds is 5. The summed E-state index contributed by atoms with van der Waals surface area (Å²) in [6.45, 7) is 2.62. The summed E-state index contributed by atoms with van der Waals surface area (Å²) in [6, 6.07) is 6.50. The number of ether oxygens (including phenoxy) is 1. The summed E-state index contributed by atoms with van der Waals surface area (Å²) in [4.78, 5) is 0. The molecular weight excluding hydrogens is 214 g/mol. The molecule has 2 N–H and O–H groups in total. The molecule has 1 unspecified atom stereocenters. The van der Waals surface area contributed by atoms with Crippen LogP contribution in [-0.4, -0.2) is 24.8 Å². The number of aliphatic hydroxyl groups is 1. The molecule has 3 nitrogen and oxygen atoms in total. The molecule has 1 aliphatic rings. The fourth-order valence-electron chi connectivity index (χ4n) is 2.11. The molecule has 0 radical (unpaired) electrons. The van der Waals surface area contributed by atoms with Crippen LogP contribution in [0.15, 0.2) is 18.2 Å². The van der Waals surface area contributed by atoms with Gasteiger partial charge in [0.2, 0.25) is 0 Å². The monoisotopic (exact) mass is 235 g/mol. The van der Waals surface area contributed by atoms with E-state index in [-0.39, 0.29) is 0 Å². The van der Waals surface area contributed by atoms with Crippen molar-refractivity contribution < 1.29 is 9.84 Å². The van der Waals surface area contributed by atoms with Crippen LogP contribution >= 0.6 is 0 Å². The Labute approximate surface area is 103 Å². The van der Waals surface area contributed by atoms with Gasteiger partial charge in [-0.1, -0.05) is 18.1 Å². The van der Waals surface area contributed by atoms with Crippen molar-refractivity contribution in [3.63, 3.8) is 0 Å². The van der Waals surface area contributed by atoms with E-state index in [0.717, 1.165) is 16.9 Å². The van der Waals surface area contributed by atoms with Crippen LogP contribution in [0.2, 0.25) is 0 Å². The zero-order valence-corrected chi connectivity index (χ0v) is 10.6. The van der Waals surface area contributed by atoms with E-state index in [9.17, 15) is 5.11 Å². The van der Waals surface area contributed by atoms with Crippen molar-refractivity contribution in [2.75, 3.05) is 13.7 Å². The number of nitrogens with one attached hydrogen (secondary N) is 1. The fraction of sp³-hybridized carbons (Fsp3) is 0.571. The maximum atomic E-state index is 10.2. The van der Waals surface area contributed by atoms with E-state index in [1.54, 1.807) is 7.11 Å². The summed E-state index contributed by atoms with van der Waals surface area (Å²) in [5, 5.41) is 13.6. The smallest absolute Gasteiger partial charge is 0.124 e. The molecule has 0 aromatic heterocycles. The van der Waals surface area contributed by atoms with Gasteiger partial charge in [0.25, 0.3) is 0 Å². The molecule has 1 fully saturated rings. The quantitative estimate of drug-likeness (QED) is 0.822. The molecular formula is C14H21NO2. The Hall–Kier alpha value is -1.06. The van der Waals surface area contributed by atoms with Gasteiger partial charge in [-0.3, -0.25) is 0 Å². The lowest BCUT2D eigenvalue weighted by atomic mass is 9.93. The lowest BCUT2D eigenvalue weighted by Crippen LogP contribution is -2.37. The highest BCUT2D eigenvalue weighted by atomic mass is 16.5. The first-order valence-electron chi connectivity index (χ1n) is 6.26. The molecule has 1 aliphatic carbocycles. The van der Waals surface area contributed by atoms with Crippen LogP contribution in [-0.2, 0) is 0 Å². The second kappa shape index (κ2) is 5.52. The Morgan fingerprint density at radius 3 is 2.82 bits per heavy atom. The van der Waals surface area contributed by atoms with Gasteiger partial charge in [-0.2, -0.15) is 0 Å². The Kier molecular flexibility index (Phi) is 4.02. The van der Waals surface area contributed by atoms with Crippen molar-refractivity contribution in [2.24, 2.45) is 0 Å². The molecule has 0 amide bonds. The van der Waals surface area contributed by atoms with Crippen molar-refractivity contribution >= 4 is 0 Å². The molecule has 0 aliphatic heterocycles. The Bertz CT molecular complexity index is 374. The predicted octanol–water partition coefficient (Wildman–Crippen LogP) is 2.18. The maximum Gasteiger partial charge on any atom is 0.124 e. The number of methoxy groups -OCH3 is 1. The Balaban J connectivity index is 2.00. The van der Waals surface area contributed by atoms with Gasteiger partial charge in [-0.05, 0) is 31.9 Å². The van der Waals surface area contributed by atoms with Crippen molar-refractivity contribution in [2.45, 2.75) is 38.3 Å². The van der Waals surface area contributed by atoms with E-state index in [0.29, 0.717) is 12.6 Å². The largest absolute Gasteiger partial charge is 0.496 e. The number of aliphatic hydroxyl groups excluding tert-OH is 1. The van der Waals surface area contributed by atoms with Gasteiger partial charge < -0.3 is 15.2 Å². The van der Waals surface area contributed by atoms with Crippen LogP contribution in [0.5, 0.6) is 5.75 Å². The minimum absolute atomic E-state index is 0.495. The normalized spacial score (nSPS) is 17.6. The second-order valence-corrected chi connectivity index (χ2v) is 4.80. The molecule has 1 aromatic rings. The van der Waals surface area contributed by atoms with Crippen molar-refractivity contribution in [1.82, 2.24) is 5.32 Å².